The molecule has 0 unspecified atom stereocenters. The summed E-state index contributed by atoms with van der Waals surface area (Å²) in [6.07, 6.45) is 0. The highest BCUT2D eigenvalue weighted by atomic mass is 16.6. The summed E-state index contributed by atoms with van der Waals surface area (Å²) in [6.45, 7) is 2.08. The Balaban J connectivity index is 2.03. The molecule has 0 saturated carbocycles. The van der Waals surface area contributed by atoms with Gasteiger partial charge in [0, 0.05) is 11.6 Å². The molecule has 2 aromatic carbocycles. The molecule has 104 valence electrons. The molecule has 20 heavy (non-hydrogen) atoms. The zero-order chi connectivity index (χ0) is 14.5. The second kappa shape index (κ2) is 6.16. The number of benzene rings is 2. The number of aliphatic hydroxyl groups is 1. The molecule has 2 rings (SSSR count). The van der Waals surface area contributed by atoms with Gasteiger partial charge in [-0.2, -0.15) is 0 Å². The molecule has 0 heterocycles. The van der Waals surface area contributed by atoms with Gasteiger partial charge in [-0.05, 0) is 30.2 Å². The van der Waals surface area contributed by atoms with Crippen molar-refractivity contribution >= 4 is 5.69 Å². The Labute approximate surface area is 116 Å². The van der Waals surface area contributed by atoms with Gasteiger partial charge >= 0.3 is 0 Å². The van der Waals surface area contributed by atoms with Crippen LogP contribution in [0.4, 0.5) is 5.69 Å². The highest BCUT2D eigenvalue weighted by Crippen LogP contribution is 2.23. The molecule has 0 aliphatic carbocycles. The lowest BCUT2D eigenvalue weighted by atomic mass is 10.1. The van der Waals surface area contributed by atoms with E-state index in [9.17, 15) is 10.1 Å². The molecule has 1 N–H and O–H groups in total. The Morgan fingerprint density at radius 3 is 2.35 bits per heavy atom. The van der Waals surface area contributed by atoms with E-state index in [1.54, 1.807) is 19.1 Å². The summed E-state index contributed by atoms with van der Waals surface area (Å²) in [5.74, 6) is 0.597. The van der Waals surface area contributed by atoms with Crippen molar-refractivity contribution in [2.24, 2.45) is 0 Å². The maximum atomic E-state index is 10.7. The van der Waals surface area contributed by atoms with Gasteiger partial charge in [0.25, 0.3) is 5.69 Å². The fourth-order valence-electron chi connectivity index (χ4n) is 1.83. The average Bonchev–Trinajstić information content (AvgIpc) is 2.45. The van der Waals surface area contributed by atoms with Crippen molar-refractivity contribution in [3.8, 4) is 5.75 Å². The minimum atomic E-state index is -0.410. The molecule has 0 fully saturated rings. The molecule has 5 heteroatoms. The van der Waals surface area contributed by atoms with Crippen molar-refractivity contribution in [3.63, 3.8) is 0 Å². The van der Waals surface area contributed by atoms with Crippen molar-refractivity contribution in [1.82, 2.24) is 0 Å². The van der Waals surface area contributed by atoms with Crippen molar-refractivity contribution in [1.29, 1.82) is 0 Å². The van der Waals surface area contributed by atoms with E-state index in [4.69, 9.17) is 9.84 Å². The maximum Gasteiger partial charge on any atom is 0.272 e. The van der Waals surface area contributed by atoms with Crippen LogP contribution in [0.25, 0.3) is 0 Å². The summed E-state index contributed by atoms with van der Waals surface area (Å²) < 4.78 is 5.60. The minimum Gasteiger partial charge on any atom is -0.489 e. The third kappa shape index (κ3) is 3.33. The number of hydrogen-bond acceptors (Lipinski definition) is 4. The Hall–Kier alpha value is -2.40. The van der Waals surface area contributed by atoms with Gasteiger partial charge in [0.2, 0.25) is 0 Å². The molecule has 0 atom stereocenters. The van der Waals surface area contributed by atoms with E-state index < -0.39 is 4.92 Å². The number of nitro benzene ring substituents is 1. The molecule has 2 aromatic rings. The molecule has 0 spiro atoms. The number of nitro groups is 1. The molecule has 0 radical (unpaired) electrons. The summed E-state index contributed by atoms with van der Waals surface area (Å²) >= 11 is 0. The number of aryl methyl sites for hydroxylation is 1. The highest BCUT2D eigenvalue weighted by Gasteiger charge is 2.10. The van der Waals surface area contributed by atoms with Gasteiger partial charge in [-0.25, -0.2) is 0 Å². The van der Waals surface area contributed by atoms with Crippen molar-refractivity contribution in [2.45, 2.75) is 20.1 Å². The zero-order valence-corrected chi connectivity index (χ0v) is 11.1. The summed E-state index contributed by atoms with van der Waals surface area (Å²) in [7, 11) is 0. The monoisotopic (exact) mass is 273 g/mol. The smallest absolute Gasteiger partial charge is 0.272 e. The first-order valence-corrected chi connectivity index (χ1v) is 6.16. The van der Waals surface area contributed by atoms with Gasteiger partial charge in [-0.15, -0.1) is 0 Å². The summed E-state index contributed by atoms with van der Waals surface area (Å²) in [6, 6.07) is 12.1. The van der Waals surface area contributed by atoms with Crippen molar-refractivity contribution in [2.75, 3.05) is 0 Å². The molecular formula is C15H15NO4. The number of ether oxygens (including phenoxy) is 1. The summed E-state index contributed by atoms with van der Waals surface area (Å²) in [5, 5.41) is 19.7. The molecule has 0 amide bonds. The van der Waals surface area contributed by atoms with Crippen LogP contribution in [-0.4, -0.2) is 10.0 Å². The fourth-order valence-corrected chi connectivity index (χ4v) is 1.83. The number of hydrogen-bond donors (Lipinski definition) is 1. The van der Waals surface area contributed by atoms with Gasteiger partial charge in [0.15, 0.2) is 0 Å². The predicted molar refractivity (Wildman–Crippen MR) is 74.5 cm³/mol. The third-order valence-electron chi connectivity index (χ3n) is 2.98. The zero-order valence-electron chi connectivity index (χ0n) is 11.1. The Morgan fingerprint density at radius 2 is 1.80 bits per heavy atom. The molecule has 0 aromatic heterocycles. The second-order valence-electron chi connectivity index (χ2n) is 4.47. The number of nitrogens with zero attached hydrogens (tertiary/aromatic N) is 1. The highest BCUT2D eigenvalue weighted by molar-refractivity contribution is 5.44. The summed E-state index contributed by atoms with van der Waals surface area (Å²) in [5.41, 5.74) is 2.48. The first kappa shape index (κ1) is 14.0. The van der Waals surface area contributed by atoms with Crippen LogP contribution in [0.2, 0.25) is 0 Å². The van der Waals surface area contributed by atoms with Crippen LogP contribution in [0.1, 0.15) is 16.7 Å². The van der Waals surface area contributed by atoms with Crippen LogP contribution >= 0.6 is 0 Å². The van der Waals surface area contributed by atoms with Gasteiger partial charge < -0.3 is 9.84 Å². The Kier molecular flexibility index (Phi) is 4.32. The first-order valence-electron chi connectivity index (χ1n) is 6.16. The average molecular weight is 273 g/mol. The van der Waals surface area contributed by atoms with E-state index in [0.717, 1.165) is 11.1 Å². The molecule has 0 aliphatic rings. The van der Waals surface area contributed by atoms with E-state index in [1.807, 2.05) is 24.3 Å². The van der Waals surface area contributed by atoms with Crippen molar-refractivity contribution < 1.29 is 14.8 Å². The van der Waals surface area contributed by atoms with Crippen LogP contribution in [0, 0.1) is 17.0 Å². The lowest BCUT2D eigenvalue weighted by Crippen LogP contribution is -1.97. The second-order valence-corrected chi connectivity index (χ2v) is 4.47. The van der Waals surface area contributed by atoms with Gasteiger partial charge in [0.05, 0.1) is 11.5 Å². The van der Waals surface area contributed by atoms with E-state index in [-0.39, 0.29) is 12.3 Å². The molecular weight excluding hydrogens is 258 g/mol. The van der Waals surface area contributed by atoms with Crippen LogP contribution in [-0.2, 0) is 13.2 Å². The quantitative estimate of drug-likeness (QED) is 0.671. The lowest BCUT2D eigenvalue weighted by molar-refractivity contribution is -0.385. The number of rotatable bonds is 5. The summed E-state index contributed by atoms with van der Waals surface area (Å²) in [4.78, 5) is 10.3. The maximum absolute atomic E-state index is 10.7. The Morgan fingerprint density at radius 1 is 1.15 bits per heavy atom. The van der Waals surface area contributed by atoms with Crippen molar-refractivity contribution in [3.05, 3.63) is 69.3 Å². The van der Waals surface area contributed by atoms with Crippen LogP contribution in [0.3, 0.4) is 0 Å². The standard InChI is InChI=1S/C15H15NO4/c1-11-8-14(6-7-15(11)16(18)19)20-10-13-4-2-12(9-17)3-5-13/h2-8,17H,9-10H2,1H3. The third-order valence-corrected chi connectivity index (χ3v) is 2.98. The molecule has 0 aliphatic heterocycles. The predicted octanol–water partition coefficient (Wildman–Crippen LogP) is 2.97. The lowest BCUT2D eigenvalue weighted by Gasteiger charge is -2.07. The largest absolute Gasteiger partial charge is 0.489 e. The first-order chi connectivity index (χ1) is 9.60. The minimum absolute atomic E-state index is 0.0166. The van der Waals surface area contributed by atoms with Crippen LogP contribution in [0.5, 0.6) is 5.75 Å². The SMILES string of the molecule is Cc1cc(OCc2ccc(CO)cc2)ccc1[N+](=O)[O-]. The molecule has 0 bridgehead atoms. The van der Waals surface area contributed by atoms with E-state index in [2.05, 4.69) is 0 Å². The molecule has 5 nitrogen and oxygen atoms in total. The number of aliphatic hydroxyl groups excluding tert-OH is 1. The molecule has 0 saturated heterocycles. The van der Waals surface area contributed by atoms with E-state index in [0.29, 0.717) is 17.9 Å². The van der Waals surface area contributed by atoms with E-state index >= 15 is 0 Å². The van der Waals surface area contributed by atoms with E-state index in [1.165, 1.54) is 6.07 Å². The van der Waals surface area contributed by atoms with Gasteiger partial charge in [0.1, 0.15) is 12.4 Å². The Bertz CT molecular complexity index is 608. The fraction of sp³-hybridized carbons (Fsp3) is 0.200. The van der Waals surface area contributed by atoms with Crippen LogP contribution < -0.4 is 4.74 Å². The van der Waals surface area contributed by atoms with Crippen LogP contribution in [0.15, 0.2) is 42.5 Å². The normalized spacial score (nSPS) is 10.3. The van der Waals surface area contributed by atoms with Gasteiger partial charge in [-0.1, -0.05) is 24.3 Å². The van der Waals surface area contributed by atoms with Gasteiger partial charge in [-0.3, -0.25) is 10.1 Å². The topological polar surface area (TPSA) is 72.6 Å².